The van der Waals surface area contributed by atoms with Crippen molar-refractivity contribution in [2.24, 2.45) is 0 Å². The molecular weight excluding hydrogens is 354 g/mol. The second kappa shape index (κ2) is 6.60. The average Bonchev–Trinajstić information content (AvgIpc) is 3.27. The first-order valence-corrected chi connectivity index (χ1v) is 9.34. The Labute approximate surface area is 154 Å². The molecule has 0 fully saturated rings. The van der Waals surface area contributed by atoms with Crippen LogP contribution in [0.2, 0.25) is 0 Å². The van der Waals surface area contributed by atoms with E-state index in [1.165, 1.54) is 11.3 Å². The van der Waals surface area contributed by atoms with Gasteiger partial charge in [-0.15, -0.1) is 11.3 Å². The van der Waals surface area contributed by atoms with Crippen molar-refractivity contribution in [3.05, 3.63) is 34.3 Å². The van der Waals surface area contributed by atoms with Crippen LogP contribution in [-0.4, -0.2) is 29.6 Å². The van der Waals surface area contributed by atoms with Gasteiger partial charge in [0.05, 0.1) is 11.6 Å². The van der Waals surface area contributed by atoms with E-state index in [0.29, 0.717) is 22.2 Å². The molecule has 0 saturated heterocycles. The molecule has 2 aromatic rings. The Morgan fingerprint density at radius 3 is 2.88 bits per heavy atom. The zero-order valence-corrected chi connectivity index (χ0v) is 15.3. The first-order valence-electron chi connectivity index (χ1n) is 8.52. The van der Waals surface area contributed by atoms with E-state index in [1.807, 2.05) is 13.8 Å². The second-order valence-electron chi connectivity index (χ2n) is 6.60. The van der Waals surface area contributed by atoms with E-state index in [9.17, 15) is 9.59 Å². The van der Waals surface area contributed by atoms with Crippen LogP contribution in [0.1, 0.15) is 47.1 Å². The van der Waals surface area contributed by atoms with Crippen molar-refractivity contribution in [2.75, 3.05) is 12.1 Å². The summed E-state index contributed by atoms with van der Waals surface area (Å²) in [6, 6.07) is 5.14. The van der Waals surface area contributed by atoms with Crippen molar-refractivity contribution in [1.29, 1.82) is 0 Å². The highest BCUT2D eigenvalue weighted by atomic mass is 32.1. The molecule has 4 rings (SSSR count). The molecule has 26 heavy (non-hydrogen) atoms. The Balaban J connectivity index is 1.48. The smallest absolute Gasteiger partial charge is 0.257 e. The number of rotatable bonds is 4. The van der Waals surface area contributed by atoms with Gasteiger partial charge >= 0.3 is 0 Å². The van der Waals surface area contributed by atoms with Crippen LogP contribution >= 0.6 is 11.3 Å². The molecule has 136 valence electrons. The molecule has 1 aromatic carbocycles. The molecule has 2 N–H and O–H groups in total. The zero-order valence-electron chi connectivity index (χ0n) is 14.5. The van der Waals surface area contributed by atoms with Crippen molar-refractivity contribution in [1.82, 2.24) is 10.3 Å². The van der Waals surface area contributed by atoms with Gasteiger partial charge in [0.25, 0.3) is 5.91 Å². The first-order chi connectivity index (χ1) is 12.5. The van der Waals surface area contributed by atoms with Crippen LogP contribution in [-0.2, 0) is 11.2 Å². The number of ether oxygens (including phenoxy) is 2. The SMILES string of the molecule is CC(C)NC(=O)C1CCc2sc(NC(=O)c3ccc4c(c3)OCO4)nc21. The minimum atomic E-state index is -0.265. The van der Waals surface area contributed by atoms with Crippen molar-refractivity contribution in [3.8, 4) is 11.5 Å². The van der Waals surface area contributed by atoms with Gasteiger partial charge in [-0.2, -0.15) is 0 Å². The fraction of sp³-hybridized carbons (Fsp3) is 0.389. The molecule has 1 atom stereocenters. The number of hydrogen-bond acceptors (Lipinski definition) is 6. The minimum Gasteiger partial charge on any atom is -0.454 e. The molecule has 2 amide bonds. The van der Waals surface area contributed by atoms with Gasteiger partial charge in [-0.25, -0.2) is 4.98 Å². The topological polar surface area (TPSA) is 89.6 Å². The van der Waals surface area contributed by atoms with Crippen LogP contribution in [0.5, 0.6) is 11.5 Å². The highest BCUT2D eigenvalue weighted by Gasteiger charge is 2.33. The Hall–Kier alpha value is -2.61. The van der Waals surface area contributed by atoms with Crippen LogP contribution in [0, 0.1) is 0 Å². The summed E-state index contributed by atoms with van der Waals surface area (Å²) in [5.41, 5.74) is 1.26. The van der Waals surface area contributed by atoms with Crippen LogP contribution in [0.15, 0.2) is 18.2 Å². The minimum absolute atomic E-state index is 0.00213. The largest absolute Gasteiger partial charge is 0.454 e. The van der Waals surface area contributed by atoms with E-state index in [0.717, 1.165) is 23.4 Å². The molecule has 8 heteroatoms. The number of hydrogen-bond donors (Lipinski definition) is 2. The summed E-state index contributed by atoms with van der Waals surface area (Å²) in [6.07, 6.45) is 1.58. The fourth-order valence-electron chi connectivity index (χ4n) is 3.13. The maximum absolute atomic E-state index is 12.5. The molecular formula is C18H19N3O4S. The van der Waals surface area contributed by atoms with Crippen LogP contribution < -0.4 is 20.1 Å². The molecule has 0 radical (unpaired) electrons. The Kier molecular flexibility index (Phi) is 4.28. The van der Waals surface area contributed by atoms with E-state index in [2.05, 4.69) is 15.6 Å². The van der Waals surface area contributed by atoms with Crippen LogP contribution in [0.3, 0.4) is 0 Å². The lowest BCUT2D eigenvalue weighted by Crippen LogP contribution is -2.34. The van der Waals surface area contributed by atoms with Crippen molar-refractivity contribution in [3.63, 3.8) is 0 Å². The van der Waals surface area contributed by atoms with Crippen molar-refractivity contribution in [2.45, 2.75) is 38.6 Å². The fourth-order valence-corrected chi connectivity index (χ4v) is 4.16. The van der Waals surface area contributed by atoms with Gasteiger partial charge in [-0.3, -0.25) is 14.9 Å². The predicted molar refractivity (Wildman–Crippen MR) is 97.0 cm³/mol. The quantitative estimate of drug-likeness (QED) is 0.860. The average molecular weight is 373 g/mol. The molecule has 0 spiro atoms. The molecule has 1 aliphatic carbocycles. The first kappa shape index (κ1) is 16.8. The number of nitrogens with one attached hydrogen (secondary N) is 2. The molecule has 1 aliphatic heterocycles. The van der Waals surface area contributed by atoms with Crippen molar-refractivity contribution < 1.29 is 19.1 Å². The number of carbonyl (C=O) groups excluding carboxylic acids is 2. The number of thiazole rings is 1. The number of aromatic nitrogens is 1. The van der Waals surface area contributed by atoms with E-state index in [-0.39, 0.29) is 30.6 Å². The number of aryl methyl sites for hydroxylation is 1. The van der Waals surface area contributed by atoms with E-state index in [1.54, 1.807) is 18.2 Å². The third-order valence-electron chi connectivity index (χ3n) is 4.32. The Morgan fingerprint density at radius 2 is 2.08 bits per heavy atom. The second-order valence-corrected chi connectivity index (χ2v) is 7.69. The molecule has 0 bridgehead atoms. The van der Waals surface area contributed by atoms with Gasteiger partial charge in [-0.1, -0.05) is 0 Å². The Bertz CT molecular complexity index is 877. The van der Waals surface area contributed by atoms with Gasteiger partial charge in [0.15, 0.2) is 16.6 Å². The summed E-state index contributed by atoms with van der Waals surface area (Å²) >= 11 is 1.43. The summed E-state index contributed by atoms with van der Waals surface area (Å²) in [4.78, 5) is 30.4. The van der Waals surface area contributed by atoms with E-state index in [4.69, 9.17) is 9.47 Å². The number of carbonyl (C=O) groups is 2. The number of nitrogens with zero attached hydrogens (tertiary/aromatic N) is 1. The van der Waals surface area contributed by atoms with Gasteiger partial charge in [-0.05, 0) is 44.9 Å². The zero-order chi connectivity index (χ0) is 18.3. The summed E-state index contributed by atoms with van der Waals surface area (Å²) in [7, 11) is 0. The lowest BCUT2D eigenvalue weighted by atomic mass is 10.1. The summed E-state index contributed by atoms with van der Waals surface area (Å²) in [5, 5.41) is 6.27. The highest BCUT2D eigenvalue weighted by molar-refractivity contribution is 7.16. The summed E-state index contributed by atoms with van der Waals surface area (Å²) < 4.78 is 10.6. The van der Waals surface area contributed by atoms with E-state index < -0.39 is 0 Å². The molecule has 1 unspecified atom stereocenters. The third-order valence-corrected chi connectivity index (χ3v) is 5.37. The van der Waals surface area contributed by atoms with Crippen LogP contribution in [0.4, 0.5) is 5.13 Å². The molecule has 0 saturated carbocycles. The standard InChI is InChI=1S/C18H19N3O4S/c1-9(2)19-17(23)11-4-6-14-15(11)20-18(26-14)21-16(22)10-3-5-12-13(7-10)25-8-24-12/h3,5,7,9,11H,4,6,8H2,1-2H3,(H,19,23)(H,20,21,22). The maximum Gasteiger partial charge on any atom is 0.257 e. The molecule has 2 aliphatic rings. The normalized spacial score (nSPS) is 17.3. The van der Waals surface area contributed by atoms with Gasteiger partial charge < -0.3 is 14.8 Å². The Morgan fingerprint density at radius 1 is 1.27 bits per heavy atom. The lowest BCUT2D eigenvalue weighted by molar-refractivity contribution is -0.123. The number of anilines is 1. The number of amides is 2. The monoisotopic (exact) mass is 373 g/mol. The number of fused-ring (bicyclic) bond motifs is 2. The lowest BCUT2D eigenvalue weighted by Gasteiger charge is -2.13. The maximum atomic E-state index is 12.5. The molecule has 7 nitrogen and oxygen atoms in total. The summed E-state index contributed by atoms with van der Waals surface area (Å²) in [6.45, 7) is 4.04. The molecule has 1 aromatic heterocycles. The third kappa shape index (κ3) is 3.12. The predicted octanol–water partition coefficient (Wildman–Crippen LogP) is 2.68. The van der Waals surface area contributed by atoms with Gasteiger partial charge in [0.1, 0.15) is 0 Å². The summed E-state index contributed by atoms with van der Waals surface area (Å²) in [5.74, 6) is 0.690. The van der Waals surface area contributed by atoms with Crippen LogP contribution in [0.25, 0.3) is 0 Å². The number of benzene rings is 1. The van der Waals surface area contributed by atoms with E-state index >= 15 is 0 Å². The van der Waals surface area contributed by atoms with Gasteiger partial charge in [0.2, 0.25) is 12.7 Å². The highest BCUT2D eigenvalue weighted by Crippen LogP contribution is 2.39. The molecule has 2 heterocycles. The van der Waals surface area contributed by atoms with Gasteiger partial charge in [0, 0.05) is 16.5 Å². The van der Waals surface area contributed by atoms with Crippen molar-refractivity contribution >= 4 is 28.3 Å².